The van der Waals surface area contributed by atoms with E-state index < -0.39 is 5.97 Å². The molecule has 3 aromatic rings. The molecule has 1 heterocycles. The Bertz CT molecular complexity index is 884. The number of hydrogen-bond donors (Lipinski definition) is 1. The largest absolute Gasteiger partial charge is 0.478 e. The molecule has 0 aliphatic rings. The fourth-order valence-corrected chi connectivity index (χ4v) is 2.40. The molecule has 0 amide bonds. The minimum atomic E-state index is -0.951. The number of aromatic carboxylic acids is 1. The van der Waals surface area contributed by atoms with Crippen molar-refractivity contribution in [2.45, 2.75) is 6.92 Å². The second-order valence-electron chi connectivity index (χ2n) is 4.90. The van der Waals surface area contributed by atoms with Crippen LogP contribution in [-0.2, 0) is 0 Å². The number of rotatable bonds is 2. The molecule has 4 nitrogen and oxygen atoms in total. The maximum atomic E-state index is 10.9. The Kier molecular flexibility index (Phi) is 2.96. The number of carboxylic acid groups (broad SMARTS) is 1. The molecule has 0 unspecified atom stereocenters. The molecule has 0 saturated heterocycles. The molecule has 3 rings (SSSR count). The third-order valence-electron chi connectivity index (χ3n) is 3.47. The van der Waals surface area contributed by atoms with Gasteiger partial charge in [0.2, 0.25) is 0 Å². The second-order valence-corrected chi connectivity index (χ2v) is 4.90. The molecular weight excluding hydrogens is 264 g/mol. The van der Waals surface area contributed by atoms with E-state index in [1.165, 1.54) is 0 Å². The average molecular weight is 276 g/mol. The van der Waals surface area contributed by atoms with E-state index in [4.69, 9.17) is 5.11 Å². The van der Waals surface area contributed by atoms with Gasteiger partial charge in [0, 0.05) is 17.3 Å². The molecule has 4 heteroatoms. The van der Waals surface area contributed by atoms with Crippen LogP contribution < -0.4 is 0 Å². The van der Waals surface area contributed by atoms with Gasteiger partial charge < -0.3 is 9.67 Å². The number of hydrogen-bond acceptors (Lipinski definition) is 2. The lowest BCUT2D eigenvalue weighted by Gasteiger charge is -2.06. The van der Waals surface area contributed by atoms with Crippen LogP contribution in [0.5, 0.6) is 0 Å². The number of carbonyl (C=O) groups is 1. The Morgan fingerprint density at radius 2 is 1.90 bits per heavy atom. The van der Waals surface area contributed by atoms with Crippen molar-refractivity contribution in [1.82, 2.24) is 4.57 Å². The zero-order valence-electron chi connectivity index (χ0n) is 11.4. The number of fused-ring (bicyclic) bond motifs is 1. The molecule has 0 fully saturated rings. The Morgan fingerprint density at radius 1 is 1.19 bits per heavy atom. The third kappa shape index (κ3) is 2.15. The van der Waals surface area contributed by atoms with Gasteiger partial charge in [0.15, 0.2) is 0 Å². The highest BCUT2D eigenvalue weighted by Gasteiger charge is 2.10. The highest BCUT2D eigenvalue weighted by molar-refractivity contribution is 5.89. The molecule has 1 aromatic heterocycles. The Labute approximate surface area is 121 Å². The van der Waals surface area contributed by atoms with Crippen molar-refractivity contribution in [2.24, 2.45) is 0 Å². The summed E-state index contributed by atoms with van der Waals surface area (Å²) in [6.07, 6.45) is 1.78. The number of benzene rings is 2. The summed E-state index contributed by atoms with van der Waals surface area (Å²) in [7, 11) is 0. The lowest BCUT2D eigenvalue weighted by atomic mass is 10.1. The number of aromatic nitrogens is 1. The van der Waals surface area contributed by atoms with Gasteiger partial charge in [-0.3, -0.25) is 0 Å². The van der Waals surface area contributed by atoms with Crippen molar-refractivity contribution in [3.8, 4) is 11.8 Å². The summed E-state index contributed by atoms with van der Waals surface area (Å²) in [5.74, 6) is -0.951. The van der Waals surface area contributed by atoms with E-state index in [-0.39, 0.29) is 5.56 Å². The van der Waals surface area contributed by atoms with Gasteiger partial charge in [0.1, 0.15) is 6.07 Å². The van der Waals surface area contributed by atoms with Gasteiger partial charge in [-0.1, -0.05) is 12.1 Å². The SMILES string of the molecule is Cc1ccc2c(C#N)cn(-c3ccc(C(=O)O)cc3)c2c1. The summed E-state index contributed by atoms with van der Waals surface area (Å²) < 4.78 is 1.91. The molecule has 0 atom stereocenters. The van der Waals surface area contributed by atoms with Crippen LogP contribution in [0.4, 0.5) is 0 Å². The monoisotopic (exact) mass is 276 g/mol. The highest BCUT2D eigenvalue weighted by Crippen LogP contribution is 2.25. The summed E-state index contributed by atoms with van der Waals surface area (Å²) in [5, 5.41) is 19.1. The Balaban J connectivity index is 2.22. The number of aryl methyl sites for hydroxylation is 1. The van der Waals surface area contributed by atoms with Crippen LogP contribution >= 0.6 is 0 Å². The standard InChI is InChI=1S/C17H12N2O2/c1-11-2-7-15-13(9-18)10-19(16(15)8-11)14-5-3-12(4-6-14)17(20)21/h2-8,10H,1H3,(H,20,21). The molecule has 1 N–H and O–H groups in total. The zero-order valence-corrected chi connectivity index (χ0v) is 11.4. The van der Waals surface area contributed by atoms with Crippen LogP contribution in [0.25, 0.3) is 16.6 Å². The summed E-state index contributed by atoms with van der Waals surface area (Å²) in [4.78, 5) is 10.9. The lowest BCUT2D eigenvalue weighted by Crippen LogP contribution is -1.97. The summed E-state index contributed by atoms with van der Waals surface area (Å²) in [6, 6.07) is 14.7. The van der Waals surface area contributed by atoms with Crippen molar-refractivity contribution in [2.75, 3.05) is 0 Å². The predicted octanol–water partition coefficient (Wildman–Crippen LogP) is 3.51. The lowest BCUT2D eigenvalue weighted by molar-refractivity contribution is 0.0697. The number of nitriles is 1. The fourth-order valence-electron chi connectivity index (χ4n) is 2.40. The fraction of sp³-hybridized carbons (Fsp3) is 0.0588. The van der Waals surface area contributed by atoms with Gasteiger partial charge in [-0.15, -0.1) is 0 Å². The van der Waals surface area contributed by atoms with Gasteiger partial charge in [-0.2, -0.15) is 5.26 Å². The number of carboxylic acids is 1. The van der Waals surface area contributed by atoms with Crippen LogP contribution in [0, 0.1) is 18.3 Å². The van der Waals surface area contributed by atoms with E-state index in [1.54, 1.807) is 30.5 Å². The molecule has 0 saturated carbocycles. The van der Waals surface area contributed by atoms with Crippen LogP contribution in [0.15, 0.2) is 48.7 Å². The van der Waals surface area contributed by atoms with Crippen molar-refractivity contribution >= 4 is 16.9 Å². The van der Waals surface area contributed by atoms with Gasteiger partial charge in [-0.25, -0.2) is 4.79 Å². The van der Waals surface area contributed by atoms with Crippen molar-refractivity contribution < 1.29 is 9.90 Å². The molecule has 0 spiro atoms. The van der Waals surface area contributed by atoms with E-state index in [0.717, 1.165) is 22.2 Å². The minimum absolute atomic E-state index is 0.242. The molecule has 0 aliphatic heterocycles. The van der Waals surface area contributed by atoms with E-state index in [2.05, 4.69) is 6.07 Å². The van der Waals surface area contributed by atoms with Crippen LogP contribution in [-0.4, -0.2) is 15.6 Å². The molecule has 102 valence electrons. The van der Waals surface area contributed by atoms with Crippen LogP contribution in [0.3, 0.4) is 0 Å². The van der Waals surface area contributed by atoms with Crippen molar-refractivity contribution in [1.29, 1.82) is 5.26 Å². The predicted molar refractivity (Wildman–Crippen MR) is 79.7 cm³/mol. The molecule has 0 aliphatic carbocycles. The molecule has 2 aromatic carbocycles. The van der Waals surface area contributed by atoms with E-state index >= 15 is 0 Å². The average Bonchev–Trinajstić information content (AvgIpc) is 2.85. The molecular formula is C17H12N2O2. The molecule has 0 radical (unpaired) electrons. The first-order valence-corrected chi connectivity index (χ1v) is 6.45. The quantitative estimate of drug-likeness (QED) is 0.778. The summed E-state index contributed by atoms with van der Waals surface area (Å²) in [6.45, 7) is 2.00. The number of nitrogens with zero attached hydrogens (tertiary/aromatic N) is 2. The van der Waals surface area contributed by atoms with Crippen LogP contribution in [0.1, 0.15) is 21.5 Å². The normalized spacial score (nSPS) is 10.5. The smallest absolute Gasteiger partial charge is 0.335 e. The Morgan fingerprint density at radius 3 is 2.52 bits per heavy atom. The first kappa shape index (κ1) is 12.9. The Hall–Kier alpha value is -3.06. The van der Waals surface area contributed by atoms with E-state index in [9.17, 15) is 10.1 Å². The second kappa shape index (κ2) is 4.80. The van der Waals surface area contributed by atoms with Crippen LogP contribution in [0.2, 0.25) is 0 Å². The van der Waals surface area contributed by atoms with Gasteiger partial charge in [-0.05, 0) is 42.8 Å². The maximum Gasteiger partial charge on any atom is 0.335 e. The topological polar surface area (TPSA) is 66.0 Å². The summed E-state index contributed by atoms with van der Waals surface area (Å²) in [5.41, 5.74) is 3.72. The van der Waals surface area contributed by atoms with Crippen molar-refractivity contribution in [3.05, 3.63) is 65.4 Å². The maximum absolute atomic E-state index is 10.9. The van der Waals surface area contributed by atoms with Gasteiger partial charge in [0.05, 0.1) is 16.6 Å². The first-order valence-electron chi connectivity index (χ1n) is 6.45. The first-order chi connectivity index (χ1) is 10.1. The third-order valence-corrected chi connectivity index (χ3v) is 3.47. The van der Waals surface area contributed by atoms with E-state index in [1.807, 2.05) is 29.7 Å². The molecule has 21 heavy (non-hydrogen) atoms. The van der Waals surface area contributed by atoms with Gasteiger partial charge >= 0.3 is 5.97 Å². The molecule has 0 bridgehead atoms. The van der Waals surface area contributed by atoms with Crippen molar-refractivity contribution in [3.63, 3.8) is 0 Å². The van der Waals surface area contributed by atoms with Gasteiger partial charge in [0.25, 0.3) is 0 Å². The summed E-state index contributed by atoms with van der Waals surface area (Å²) >= 11 is 0. The van der Waals surface area contributed by atoms with E-state index in [0.29, 0.717) is 5.56 Å². The highest BCUT2D eigenvalue weighted by atomic mass is 16.4. The zero-order chi connectivity index (χ0) is 15.0. The minimum Gasteiger partial charge on any atom is -0.478 e.